The molecular formula is C27H18Cl2F3N5OS2. The predicted octanol–water partition coefficient (Wildman–Crippen LogP) is 8.04. The van der Waals surface area contributed by atoms with Crippen molar-refractivity contribution in [2.45, 2.75) is 17.8 Å². The van der Waals surface area contributed by atoms with Gasteiger partial charge in [-0.05, 0) is 48.0 Å². The van der Waals surface area contributed by atoms with Crippen molar-refractivity contribution in [1.82, 2.24) is 19.7 Å². The first kappa shape index (κ1) is 28.2. The Morgan fingerprint density at radius 2 is 1.73 bits per heavy atom. The van der Waals surface area contributed by atoms with E-state index in [2.05, 4.69) is 20.5 Å². The number of thiazole rings is 1. The van der Waals surface area contributed by atoms with Gasteiger partial charge in [0.2, 0.25) is 5.91 Å². The van der Waals surface area contributed by atoms with Crippen LogP contribution in [0.25, 0.3) is 17.1 Å². The summed E-state index contributed by atoms with van der Waals surface area (Å²) in [7, 11) is 0. The summed E-state index contributed by atoms with van der Waals surface area (Å²) in [6.45, 7) is 0. The van der Waals surface area contributed by atoms with Gasteiger partial charge >= 0.3 is 6.18 Å². The smallest absolute Gasteiger partial charge is 0.301 e. The van der Waals surface area contributed by atoms with Gasteiger partial charge in [0.15, 0.2) is 16.1 Å². The molecule has 0 unspecified atom stereocenters. The Balaban J connectivity index is 1.28. The lowest BCUT2D eigenvalue weighted by Crippen LogP contribution is -2.14. The van der Waals surface area contributed by atoms with Crippen LogP contribution in [-0.2, 0) is 17.4 Å². The number of carbonyl (C=O) groups is 1. The number of thioether (sulfide) groups is 1. The molecule has 5 aromatic rings. The topological polar surface area (TPSA) is 72.7 Å². The number of rotatable bonds is 8. The van der Waals surface area contributed by atoms with Gasteiger partial charge in [-0.25, -0.2) is 4.98 Å². The highest BCUT2D eigenvalue weighted by atomic mass is 35.5. The number of carbonyl (C=O) groups excluding carboxylic acids is 1. The number of halogens is 5. The summed E-state index contributed by atoms with van der Waals surface area (Å²) in [4.78, 5) is 17.6. The number of amides is 1. The van der Waals surface area contributed by atoms with E-state index in [9.17, 15) is 18.0 Å². The van der Waals surface area contributed by atoms with Crippen molar-refractivity contribution in [1.29, 1.82) is 0 Å². The van der Waals surface area contributed by atoms with Crippen molar-refractivity contribution < 1.29 is 18.0 Å². The minimum Gasteiger partial charge on any atom is -0.301 e. The molecule has 0 atom stereocenters. The molecule has 3 aromatic carbocycles. The van der Waals surface area contributed by atoms with Crippen LogP contribution in [0.15, 0.2) is 84.1 Å². The van der Waals surface area contributed by atoms with Gasteiger partial charge in [0.25, 0.3) is 0 Å². The lowest BCUT2D eigenvalue weighted by molar-refractivity contribution is -0.137. The van der Waals surface area contributed by atoms with Crippen molar-refractivity contribution in [3.8, 4) is 17.1 Å². The molecule has 6 nitrogen and oxygen atoms in total. The van der Waals surface area contributed by atoms with Crippen molar-refractivity contribution in [2.75, 3.05) is 11.1 Å². The normalized spacial score (nSPS) is 11.5. The van der Waals surface area contributed by atoms with Crippen LogP contribution in [0.4, 0.5) is 18.3 Å². The minimum absolute atomic E-state index is 0.0157. The summed E-state index contributed by atoms with van der Waals surface area (Å²) < 4.78 is 41.1. The van der Waals surface area contributed by atoms with E-state index in [1.165, 1.54) is 24.0 Å². The van der Waals surface area contributed by atoms with E-state index in [0.29, 0.717) is 37.1 Å². The number of hydrogen-bond acceptors (Lipinski definition) is 6. The van der Waals surface area contributed by atoms with E-state index in [-0.39, 0.29) is 23.1 Å². The Bertz CT molecular complexity index is 1660. The molecule has 0 saturated heterocycles. The second kappa shape index (κ2) is 12.0. The highest BCUT2D eigenvalue weighted by molar-refractivity contribution is 7.99. The number of para-hydroxylation sites is 1. The molecule has 0 radical (unpaired) electrons. The van der Waals surface area contributed by atoms with Crippen LogP contribution in [0, 0.1) is 0 Å². The Kier molecular flexibility index (Phi) is 8.46. The fourth-order valence-electron chi connectivity index (χ4n) is 3.80. The third-order valence-electron chi connectivity index (χ3n) is 5.63. The molecule has 0 spiro atoms. The number of alkyl halides is 3. The number of benzene rings is 3. The maximum atomic E-state index is 13.1. The fraction of sp³-hybridized carbons (Fsp3) is 0.111. The molecule has 0 bridgehead atoms. The van der Waals surface area contributed by atoms with Gasteiger partial charge in [-0.15, -0.1) is 21.5 Å². The van der Waals surface area contributed by atoms with Crippen LogP contribution in [0.5, 0.6) is 0 Å². The molecule has 0 fully saturated rings. The Morgan fingerprint density at radius 3 is 2.48 bits per heavy atom. The third-order valence-corrected chi connectivity index (χ3v) is 8.17. The first-order chi connectivity index (χ1) is 19.2. The van der Waals surface area contributed by atoms with Gasteiger partial charge in [-0.1, -0.05) is 65.3 Å². The molecule has 2 aromatic heterocycles. The standard InChI is InChI=1S/C27H18Cl2F3N5OS2/c28-21-11-10-17(27(30,31)32)12-16(21)13-19-14-33-25(40-19)34-23(38)15-39-26-36-35-24(20-8-4-5-9-22(20)29)37(26)18-6-2-1-3-7-18/h1-12,14H,13,15H2,(H,33,34,38). The summed E-state index contributed by atoms with van der Waals surface area (Å²) in [5.74, 6) is 0.226. The average molecular weight is 621 g/mol. The number of aromatic nitrogens is 4. The van der Waals surface area contributed by atoms with Crippen molar-refractivity contribution >= 4 is 57.3 Å². The highest BCUT2D eigenvalue weighted by Gasteiger charge is 2.31. The second-order valence-electron chi connectivity index (χ2n) is 8.41. The minimum atomic E-state index is -4.47. The largest absolute Gasteiger partial charge is 0.416 e. The monoisotopic (exact) mass is 619 g/mol. The zero-order chi connectivity index (χ0) is 28.3. The van der Waals surface area contributed by atoms with Crippen LogP contribution < -0.4 is 5.32 Å². The van der Waals surface area contributed by atoms with Gasteiger partial charge < -0.3 is 5.32 Å². The molecular weight excluding hydrogens is 602 g/mol. The van der Waals surface area contributed by atoms with E-state index in [0.717, 1.165) is 29.2 Å². The van der Waals surface area contributed by atoms with Gasteiger partial charge in [-0.2, -0.15) is 13.2 Å². The SMILES string of the molecule is O=C(CSc1nnc(-c2ccccc2Cl)n1-c1ccccc1)Nc1ncc(Cc2cc(C(F)(F)F)ccc2Cl)s1. The van der Waals surface area contributed by atoms with Crippen molar-refractivity contribution in [2.24, 2.45) is 0 Å². The van der Waals surface area contributed by atoms with Crippen LogP contribution in [0.1, 0.15) is 16.0 Å². The van der Waals surface area contributed by atoms with Gasteiger partial charge in [0.05, 0.1) is 16.3 Å². The molecule has 0 aliphatic heterocycles. The molecule has 40 heavy (non-hydrogen) atoms. The Morgan fingerprint density at radius 1 is 0.975 bits per heavy atom. The third kappa shape index (κ3) is 6.49. The number of nitrogens with one attached hydrogen (secondary N) is 1. The van der Waals surface area contributed by atoms with E-state index in [1.54, 1.807) is 6.07 Å². The van der Waals surface area contributed by atoms with Crippen molar-refractivity contribution in [3.05, 3.63) is 105 Å². The number of hydrogen-bond donors (Lipinski definition) is 1. The number of anilines is 1. The first-order valence-electron chi connectivity index (χ1n) is 11.7. The van der Waals surface area contributed by atoms with Crippen LogP contribution in [-0.4, -0.2) is 31.4 Å². The maximum absolute atomic E-state index is 13.1. The van der Waals surface area contributed by atoms with Gasteiger partial charge in [0.1, 0.15) is 0 Å². The maximum Gasteiger partial charge on any atom is 0.416 e. The van der Waals surface area contributed by atoms with Crippen molar-refractivity contribution in [3.63, 3.8) is 0 Å². The van der Waals surface area contributed by atoms with Crippen LogP contribution in [0.2, 0.25) is 10.0 Å². The highest BCUT2D eigenvalue weighted by Crippen LogP contribution is 2.34. The van der Waals surface area contributed by atoms with E-state index in [1.807, 2.05) is 53.1 Å². The quantitative estimate of drug-likeness (QED) is 0.178. The zero-order valence-electron chi connectivity index (χ0n) is 20.3. The molecule has 0 aliphatic rings. The molecule has 0 aliphatic carbocycles. The summed E-state index contributed by atoms with van der Waals surface area (Å²) in [5, 5.41) is 12.9. The lowest BCUT2D eigenvalue weighted by Gasteiger charge is -2.11. The van der Waals surface area contributed by atoms with E-state index < -0.39 is 11.7 Å². The first-order valence-corrected chi connectivity index (χ1v) is 14.2. The average Bonchev–Trinajstić information content (AvgIpc) is 3.55. The Hall–Kier alpha value is -3.38. The molecule has 5 rings (SSSR count). The van der Waals surface area contributed by atoms with E-state index in [4.69, 9.17) is 23.2 Å². The molecule has 204 valence electrons. The second-order valence-corrected chi connectivity index (χ2v) is 11.3. The molecule has 1 N–H and O–H groups in total. The van der Waals surface area contributed by atoms with E-state index >= 15 is 0 Å². The summed E-state index contributed by atoms with van der Waals surface area (Å²) in [6.07, 6.45) is -2.81. The molecule has 13 heteroatoms. The fourth-order valence-corrected chi connectivity index (χ4v) is 5.81. The molecule has 0 saturated carbocycles. The number of nitrogens with zero attached hydrogens (tertiary/aromatic N) is 4. The Labute approximate surface area is 245 Å². The zero-order valence-corrected chi connectivity index (χ0v) is 23.5. The summed E-state index contributed by atoms with van der Waals surface area (Å²) in [6, 6.07) is 20.0. The lowest BCUT2D eigenvalue weighted by atomic mass is 10.1. The van der Waals surface area contributed by atoms with Crippen LogP contribution >= 0.6 is 46.3 Å². The summed E-state index contributed by atoms with van der Waals surface area (Å²) >= 11 is 14.9. The summed E-state index contributed by atoms with van der Waals surface area (Å²) in [5.41, 5.74) is 1.06. The predicted molar refractivity (Wildman–Crippen MR) is 153 cm³/mol. The van der Waals surface area contributed by atoms with Gasteiger partial charge in [0, 0.05) is 33.8 Å². The molecule has 1 amide bonds. The van der Waals surface area contributed by atoms with Gasteiger partial charge in [-0.3, -0.25) is 9.36 Å². The van der Waals surface area contributed by atoms with Crippen LogP contribution in [0.3, 0.4) is 0 Å². The molecule has 2 heterocycles.